The summed E-state index contributed by atoms with van der Waals surface area (Å²) >= 11 is 0. The Bertz CT molecular complexity index is 655. The number of benzene rings is 1. The molecule has 3 heteroatoms. The lowest BCUT2D eigenvalue weighted by Gasteiger charge is -2.15. The van der Waals surface area contributed by atoms with Crippen LogP contribution in [0.4, 0.5) is 0 Å². The van der Waals surface area contributed by atoms with Crippen LogP contribution in [0, 0.1) is 0 Å². The number of hydrogen-bond donors (Lipinski definition) is 1. The highest BCUT2D eigenvalue weighted by molar-refractivity contribution is 5.84. The van der Waals surface area contributed by atoms with Gasteiger partial charge in [0.25, 0.3) is 0 Å². The Morgan fingerprint density at radius 3 is 2.67 bits per heavy atom. The minimum absolute atomic E-state index is 0.632. The summed E-state index contributed by atoms with van der Waals surface area (Å²) in [6.45, 7) is 1.45. The summed E-state index contributed by atoms with van der Waals surface area (Å²) in [5.41, 5.74) is 5.26. The van der Waals surface area contributed by atoms with Gasteiger partial charge in [-0.15, -0.1) is 0 Å². The van der Waals surface area contributed by atoms with Crippen LogP contribution in [0.15, 0.2) is 16.5 Å². The van der Waals surface area contributed by atoms with E-state index in [2.05, 4.69) is 17.4 Å². The van der Waals surface area contributed by atoms with Crippen LogP contribution in [0.25, 0.3) is 11.0 Å². The molecule has 112 valence electrons. The van der Waals surface area contributed by atoms with E-state index in [1.807, 2.05) is 0 Å². The lowest BCUT2D eigenvalue weighted by atomic mass is 9.90. The zero-order chi connectivity index (χ0) is 14.2. The minimum Gasteiger partial charge on any atom is -0.459 e. The van der Waals surface area contributed by atoms with Crippen LogP contribution in [-0.4, -0.2) is 13.2 Å². The number of furan rings is 1. The highest BCUT2D eigenvalue weighted by Gasteiger charge is 2.23. The molecule has 1 heterocycles. The molecule has 0 radical (unpaired) electrons. The number of aryl methyl sites for hydroxylation is 2. The molecule has 0 amide bonds. The maximum Gasteiger partial charge on any atom is 0.135 e. The average molecular weight is 285 g/mol. The van der Waals surface area contributed by atoms with Crippen LogP contribution < -0.4 is 5.32 Å². The maximum atomic E-state index is 6.15. The minimum atomic E-state index is 0.632. The highest BCUT2D eigenvalue weighted by atomic mass is 16.5. The van der Waals surface area contributed by atoms with Crippen molar-refractivity contribution in [2.24, 2.45) is 0 Å². The Kier molecular flexibility index (Phi) is 3.48. The lowest BCUT2D eigenvalue weighted by molar-refractivity contribution is 0.183. The fraction of sp³-hybridized carbons (Fsp3) is 0.556. The molecule has 1 saturated carbocycles. The smallest absolute Gasteiger partial charge is 0.135 e. The third-order valence-corrected chi connectivity index (χ3v) is 4.76. The zero-order valence-corrected chi connectivity index (χ0v) is 12.7. The SMILES string of the molecule is COCc1c(CNC2CC2)oc2cc3c(cc12)CCCC3. The van der Waals surface area contributed by atoms with Gasteiger partial charge in [-0.05, 0) is 61.8 Å². The first-order chi connectivity index (χ1) is 10.3. The number of ether oxygens (including phenoxy) is 1. The Labute approximate surface area is 125 Å². The van der Waals surface area contributed by atoms with Crippen molar-refractivity contribution < 1.29 is 9.15 Å². The molecule has 1 N–H and O–H groups in total. The van der Waals surface area contributed by atoms with Gasteiger partial charge in [-0.1, -0.05) is 0 Å². The molecule has 2 aliphatic rings. The molecule has 0 saturated heterocycles. The van der Waals surface area contributed by atoms with Crippen LogP contribution in [0.5, 0.6) is 0 Å². The van der Waals surface area contributed by atoms with Crippen molar-refractivity contribution in [2.45, 2.75) is 57.7 Å². The van der Waals surface area contributed by atoms with E-state index >= 15 is 0 Å². The van der Waals surface area contributed by atoms with Crippen molar-refractivity contribution in [1.82, 2.24) is 5.32 Å². The predicted molar refractivity (Wildman–Crippen MR) is 83.4 cm³/mol. The Morgan fingerprint density at radius 1 is 1.19 bits per heavy atom. The molecule has 4 rings (SSSR count). The van der Waals surface area contributed by atoms with Crippen LogP contribution in [0.3, 0.4) is 0 Å². The molecule has 0 aliphatic heterocycles. The molecule has 1 aromatic heterocycles. The summed E-state index contributed by atoms with van der Waals surface area (Å²) in [5.74, 6) is 1.06. The summed E-state index contributed by atoms with van der Waals surface area (Å²) in [6, 6.07) is 5.31. The van der Waals surface area contributed by atoms with Gasteiger partial charge in [0.15, 0.2) is 0 Å². The van der Waals surface area contributed by atoms with Crippen molar-refractivity contribution in [3.05, 3.63) is 34.6 Å². The zero-order valence-electron chi connectivity index (χ0n) is 12.7. The van der Waals surface area contributed by atoms with Gasteiger partial charge in [-0.25, -0.2) is 0 Å². The molecule has 0 atom stereocenters. The standard InChI is InChI=1S/C18H23NO2/c1-20-11-16-15-8-12-4-2-3-5-13(12)9-17(15)21-18(16)10-19-14-6-7-14/h8-9,14,19H,2-7,10-11H2,1H3. The van der Waals surface area contributed by atoms with Crippen molar-refractivity contribution in [3.8, 4) is 0 Å². The number of methoxy groups -OCH3 is 1. The van der Waals surface area contributed by atoms with Crippen molar-refractivity contribution in [2.75, 3.05) is 7.11 Å². The van der Waals surface area contributed by atoms with Crippen LogP contribution in [0.1, 0.15) is 48.1 Å². The quantitative estimate of drug-likeness (QED) is 0.909. The number of rotatable bonds is 5. The largest absolute Gasteiger partial charge is 0.459 e. The topological polar surface area (TPSA) is 34.4 Å². The van der Waals surface area contributed by atoms with Crippen molar-refractivity contribution >= 4 is 11.0 Å². The van der Waals surface area contributed by atoms with Gasteiger partial charge in [0, 0.05) is 24.1 Å². The molecule has 2 aliphatic carbocycles. The highest BCUT2D eigenvalue weighted by Crippen LogP contribution is 2.33. The summed E-state index contributed by atoms with van der Waals surface area (Å²) in [4.78, 5) is 0. The van der Waals surface area contributed by atoms with E-state index in [0.29, 0.717) is 12.6 Å². The third kappa shape index (κ3) is 2.60. The summed E-state index contributed by atoms with van der Waals surface area (Å²) in [5, 5.41) is 4.81. The van der Waals surface area contributed by atoms with E-state index in [1.165, 1.54) is 60.6 Å². The Hall–Kier alpha value is -1.32. The summed E-state index contributed by atoms with van der Waals surface area (Å²) < 4.78 is 11.6. The summed E-state index contributed by atoms with van der Waals surface area (Å²) in [6.07, 6.45) is 7.62. The van der Waals surface area contributed by atoms with Crippen LogP contribution >= 0.6 is 0 Å². The van der Waals surface area contributed by atoms with Crippen molar-refractivity contribution in [3.63, 3.8) is 0 Å². The van der Waals surface area contributed by atoms with Gasteiger partial charge in [0.1, 0.15) is 11.3 Å². The lowest BCUT2D eigenvalue weighted by Crippen LogP contribution is -2.15. The molecule has 0 unspecified atom stereocenters. The van der Waals surface area contributed by atoms with Gasteiger partial charge in [-0.3, -0.25) is 0 Å². The second-order valence-electron chi connectivity index (χ2n) is 6.42. The molecule has 0 spiro atoms. The first kappa shape index (κ1) is 13.4. The van der Waals surface area contributed by atoms with E-state index in [-0.39, 0.29) is 0 Å². The first-order valence-corrected chi connectivity index (χ1v) is 8.13. The fourth-order valence-corrected chi connectivity index (χ4v) is 3.40. The van der Waals surface area contributed by atoms with E-state index in [0.717, 1.165) is 17.9 Å². The molecular formula is C18H23NO2. The van der Waals surface area contributed by atoms with Gasteiger partial charge in [0.05, 0.1) is 13.2 Å². The second kappa shape index (κ2) is 5.47. The average Bonchev–Trinajstić information content (AvgIpc) is 3.28. The first-order valence-electron chi connectivity index (χ1n) is 8.13. The van der Waals surface area contributed by atoms with Crippen LogP contribution in [0.2, 0.25) is 0 Å². The van der Waals surface area contributed by atoms with Gasteiger partial charge < -0.3 is 14.5 Å². The van der Waals surface area contributed by atoms with Crippen molar-refractivity contribution in [1.29, 1.82) is 0 Å². The molecule has 2 aromatic rings. The third-order valence-electron chi connectivity index (χ3n) is 4.76. The summed E-state index contributed by atoms with van der Waals surface area (Å²) in [7, 11) is 1.76. The van der Waals surface area contributed by atoms with E-state index in [4.69, 9.17) is 9.15 Å². The van der Waals surface area contributed by atoms with E-state index in [1.54, 1.807) is 7.11 Å². The van der Waals surface area contributed by atoms with Gasteiger partial charge in [-0.2, -0.15) is 0 Å². The van der Waals surface area contributed by atoms with Gasteiger partial charge >= 0.3 is 0 Å². The molecule has 1 aromatic carbocycles. The number of nitrogens with one attached hydrogen (secondary N) is 1. The molecule has 21 heavy (non-hydrogen) atoms. The normalized spacial score (nSPS) is 18.1. The number of fused-ring (bicyclic) bond motifs is 2. The van der Waals surface area contributed by atoms with E-state index in [9.17, 15) is 0 Å². The Morgan fingerprint density at radius 2 is 1.95 bits per heavy atom. The second-order valence-corrected chi connectivity index (χ2v) is 6.42. The Balaban J connectivity index is 1.74. The van der Waals surface area contributed by atoms with Crippen LogP contribution in [-0.2, 0) is 30.7 Å². The van der Waals surface area contributed by atoms with Gasteiger partial charge in [0.2, 0.25) is 0 Å². The fourth-order valence-electron chi connectivity index (χ4n) is 3.40. The predicted octanol–water partition coefficient (Wildman–Crippen LogP) is 3.71. The maximum absolute atomic E-state index is 6.15. The number of hydrogen-bond acceptors (Lipinski definition) is 3. The molecule has 3 nitrogen and oxygen atoms in total. The van der Waals surface area contributed by atoms with E-state index < -0.39 is 0 Å². The molecule has 1 fully saturated rings. The molecule has 0 bridgehead atoms. The molecular weight excluding hydrogens is 262 g/mol. The monoisotopic (exact) mass is 285 g/mol.